The summed E-state index contributed by atoms with van der Waals surface area (Å²) in [7, 11) is 0. The van der Waals surface area contributed by atoms with Crippen LogP contribution in [0.3, 0.4) is 0 Å². The van der Waals surface area contributed by atoms with Crippen LogP contribution in [0.1, 0.15) is 15.4 Å². The number of hydrogen-bond acceptors (Lipinski definition) is 7. The molecule has 3 aromatic rings. The summed E-state index contributed by atoms with van der Waals surface area (Å²) in [4.78, 5) is 18.8. The molecule has 3 rings (SSSR count). The Labute approximate surface area is 122 Å². The molecule has 20 heavy (non-hydrogen) atoms. The maximum atomic E-state index is 12.5. The van der Waals surface area contributed by atoms with Gasteiger partial charge in [-0.25, -0.2) is 4.98 Å². The van der Waals surface area contributed by atoms with Crippen LogP contribution in [0.25, 0.3) is 10.2 Å². The van der Waals surface area contributed by atoms with Crippen molar-refractivity contribution in [3.05, 3.63) is 32.1 Å². The molecule has 0 aliphatic rings. The minimum Gasteiger partial charge on any atom is -0.374 e. The van der Waals surface area contributed by atoms with E-state index in [4.69, 9.17) is 5.73 Å². The van der Waals surface area contributed by atoms with Gasteiger partial charge in [0.05, 0.1) is 11.7 Å². The Hall–Kier alpha value is -1.80. The van der Waals surface area contributed by atoms with Crippen molar-refractivity contribution in [2.75, 3.05) is 5.73 Å². The number of fused-ring (bicyclic) bond motifs is 1. The zero-order valence-corrected chi connectivity index (χ0v) is 12.7. The first kappa shape index (κ1) is 13.2. The fraction of sp³-hybridized carbons (Fsp3) is 0.333. The van der Waals surface area contributed by atoms with Crippen LogP contribution in [0.2, 0.25) is 0 Å². The predicted octanol–water partition coefficient (Wildman–Crippen LogP) is 1.75. The van der Waals surface area contributed by atoms with Gasteiger partial charge in [0, 0.05) is 17.8 Å². The molecular weight excluding hydrogens is 294 g/mol. The standard InChI is InChI=1S/C12H13N5OS2/c1-6-7(2)19-10-9(6)11(18)17(5-14-10)4-3-8-15-16-12(13)20-8/h5H,3-4H2,1-2H3,(H2,13,16). The molecule has 0 saturated carbocycles. The van der Waals surface area contributed by atoms with E-state index in [2.05, 4.69) is 15.2 Å². The van der Waals surface area contributed by atoms with Gasteiger partial charge in [0.2, 0.25) is 5.13 Å². The summed E-state index contributed by atoms with van der Waals surface area (Å²) in [6, 6.07) is 0. The van der Waals surface area contributed by atoms with Crippen molar-refractivity contribution in [3.63, 3.8) is 0 Å². The van der Waals surface area contributed by atoms with Crippen molar-refractivity contribution in [2.24, 2.45) is 0 Å². The first-order valence-electron chi connectivity index (χ1n) is 6.09. The number of aryl methyl sites for hydroxylation is 4. The highest BCUT2D eigenvalue weighted by molar-refractivity contribution is 7.18. The molecule has 0 atom stereocenters. The van der Waals surface area contributed by atoms with Crippen LogP contribution in [-0.4, -0.2) is 19.7 Å². The molecule has 0 saturated heterocycles. The third kappa shape index (κ3) is 2.20. The monoisotopic (exact) mass is 307 g/mol. The Balaban J connectivity index is 1.94. The molecule has 0 aliphatic heterocycles. The first-order valence-corrected chi connectivity index (χ1v) is 7.72. The average Bonchev–Trinajstić information content (AvgIpc) is 2.94. The number of hydrogen-bond donors (Lipinski definition) is 1. The zero-order chi connectivity index (χ0) is 14.3. The highest BCUT2D eigenvalue weighted by atomic mass is 32.1. The topological polar surface area (TPSA) is 86.7 Å². The lowest BCUT2D eigenvalue weighted by Gasteiger charge is -2.03. The number of nitrogen functional groups attached to an aromatic ring is 1. The maximum Gasteiger partial charge on any atom is 0.262 e. The number of nitrogens with zero attached hydrogens (tertiary/aromatic N) is 4. The van der Waals surface area contributed by atoms with Gasteiger partial charge in [0.25, 0.3) is 5.56 Å². The summed E-state index contributed by atoms with van der Waals surface area (Å²) in [5.41, 5.74) is 6.57. The lowest BCUT2D eigenvalue weighted by Crippen LogP contribution is -2.21. The second-order valence-corrected chi connectivity index (χ2v) is 6.79. The van der Waals surface area contributed by atoms with Crippen LogP contribution in [0.15, 0.2) is 11.1 Å². The Morgan fingerprint density at radius 3 is 2.80 bits per heavy atom. The van der Waals surface area contributed by atoms with Gasteiger partial charge in [-0.1, -0.05) is 11.3 Å². The summed E-state index contributed by atoms with van der Waals surface area (Å²) in [6.07, 6.45) is 2.23. The molecule has 3 heterocycles. The van der Waals surface area contributed by atoms with Crippen molar-refractivity contribution in [2.45, 2.75) is 26.8 Å². The molecule has 0 bridgehead atoms. The van der Waals surface area contributed by atoms with Crippen molar-refractivity contribution in [1.82, 2.24) is 19.7 Å². The second kappa shape index (κ2) is 4.95. The summed E-state index contributed by atoms with van der Waals surface area (Å²) < 4.78 is 1.62. The molecule has 6 nitrogen and oxygen atoms in total. The van der Waals surface area contributed by atoms with E-state index >= 15 is 0 Å². The quantitative estimate of drug-likeness (QED) is 0.796. The molecule has 0 fully saturated rings. The Kier molecular flexibility index (Phi) is 3.27. The SMILES string of the molecule is Cc1sc2ncn(CCc3nnc(N)s3)c(=O)c2c1C. The highest BCUT2D eigenvalue weighted by Gasteiger charge is 2.12. The van der Waals surface area contributed by atoms with E-state index in [9.17, 15) is 4.79 Å². The number of rotatable bonds is 3. The van der Waals surface area contributed by atoms with E-state index in [1.54, 1.807) is 22.2 Å². The van der Waals surface area contributed by atoms with Crippen molar-refractivity contribution in [3.8, 4) is 0 Å². The van der Waals surface area contributed by atoms with Gasteiger partial charge in [0.1, 0.15) is 9.84 Å². The van der Waals surface area contributed by atoms with Gasteiger partial charge in [-0.15, -0.1) is 21.5 Å². The van der Waals surface area contributed by atoms with Crippen LogP contribution in [-0.2, 0) is 13.0 Å². The minimum atomic E-state index is 0.00865. The molecule has 8 heteroatoms. The van der Waals surface area contributed by atoms with Crippen molar-refractivity contribution in [1.29, 1.82) is 0 Å². The Morgan fingerprint density at radius 2 is 2.10 bits per heavy atom. The fourth-order valence-corrected chi connectivity index (χ4v) is 3.60. The predicted molar refractivity (Wildman–Crippen MR) is 81.4 cm³/mol. The second-order valence-electron chi connectivity index (χ2n) is 4.49. The molecule has 0 radical (unpaired) electrons. The molecule has 0 aliphatic carbocycles. The molecule has 0 amide bonds. The number of anilines is 1. The van der Waals surface area contributed by atoms with Gasteiger partial charge in [0.15, 0.2) is 0 Å². The number of nitrogens with two attached hydrogens (primary N) is 1. The number of thiophene rings is 1. The maximum absolute atomic E-state index is 12.5. The van der Waals surface area contributed by atoms with Gasteiger partial charge in [-0.3, -0.25) is 9.36 Å². The molecule has 0 spiro atoms. The lowest BCUT2D eigenvalue weighted by atomic mass is 10.2. The van der Waals surface area contributed by atoms with E-state index in [0.717, 1.165) is 25.7 Å². The van der Waals surface area contributed by atoms with Crippen LogP contribution in [0.5, 0.6) is 0 Å². The molecular formula is C12H13N5OS2. The van der Waals surface area contributed by atoms with Crippen LogP contribution < -0.4 is 11.3 Å². The first-order chi connectivity index (χ1) is 9.56. The van der Waals surface area contributed by atoms with E-state index in [1.165, 1.54) is 11.3 Å². The Morgan fingerprint density at radius 1 is 1.30 bits per heavy atom. The lowest BCUT2D eigenvalue weighted by molar-refractivity contribution is 0.657. The Bertz CT molecular complexity index is 832. The van der Waals surface area contributed by atoms with E-state index in [-0.39, 0.29) is 5.56 Å². The normalized spacial score (nSPS) is 11.3. The van der Waals surface area contributed by atoms with E-state index < -0.39 is 0 Å². The van der Waals surface area contributed by atoms with Crippen molar-refractivity contribution >= 4 is 38.0 Å². The zero-order valence-electron chi connectivity index (χ0n) is 11.1. The molecule has 3 aromatic heterocycles. The van der Waals surface area contributed by atoms with Crippen LogP contribution in [0, 0.1) is 13.8 Å². The van der Waals surface area contributed by atoms with Gasteiger partial charge >= 0.3 is 0 Å². The average molecular weight is 307 g/mol. The molecule has 104 valence electrons. The summed E-state index contributed by atoms with van der Waals surface area (Å²) in [5, 5.41) is 9.72. The van der Waals surface area contributed by atoms with Gasteiger partial charge in [-0.05, 0) is 19.4 Å². The minimum absolute atomic E-state index is 0.00865. The highest BCUT2D eigenvalue weighted by Crippen LogP contribution is 2.25. The molecule has 0 unspecified atom stereocenters. The van der Waals surface area contributed by atoms with E-state index in [0.29, 0.717) is 18.1 Å². The molecule has 0 aromatic carbocycles. The van der Waals surface area contributed by atoms with Gasteiger partial charge in [-0.2, -0.15) is 0 Å². The fourth-order valence-electron chi connectivity index (χ4n) is 2.01. The summed E-state index contributed by atoms with van der Waals surface area (Å²) in [5.74, 6) is 0. The summed E-state index contributed by atoms with van der Waals surface area (Å²) >= 11 is 2.90. The molecule has 2 N–H and O–H groups in total. The largest absolute Gasteiger partial charge is 0.374 e. The summed E-state index contributed by atoms with van der Waals surface area (Å²) in [6.45, 7) is 4.51. The third-order valence-corrected chi connectivity index (χ3v) is 5.13. The van der Waals surface area contributed by atoms with Gasteiger partial charge < -0.3 is 5.73 Å². The van der Waals surface area contributed by atoms with Crippen LogP contribution >= 0.6 is 22.7 Å². The van der Waals surface area contributed by atoms with Crippen LogP contribution in [0.4, 0.5) is 5.13 Å². The number of aromatic nitrogens is 4. The smallest absolute Gasteiger partial charge is 0.262 e. The van der Waals surface area contributed by atoms with E-state index in [1.807, 2.05) is 13.8 Å². The van der Waals surface area contributed by atoms with Crippen molar-refractivity contribution < 1.29 is 0 Å². The third-order valence-electron chi connectivity index (χ3n) is 3.20.